The Balaban J connectivity index is 1.76. The molecule has 1 aromatic heterocycles. The van der Waals surface area contributed by atoms with Crippen LogP contribution in [0.15, 0.2) is 64.8 Å². The number of hydrogen-bond acceptors (Lipinski definition) is 5. The summed E-state index contributed by atoms with van der Waals surface area (Å²) in [5, 5.41) is 12.7. The number of hydrogen-bond donors (Lipinski definition) is 1. The topological polar surface area (TPSA) is 84.5 Å². The number of amides is 1. The van der Waals surface area contributed by atoms with Gasteiger partial charge in [0.05, 0.1) is 23.5 Å². The average molecular weight is 549 g/mol. The van der Waals surface area contributed by atoms with Gasteiger partial charge in [-0.1, -0.05) is 23.7 Å². The van der Waals surface area contributed by atoms with E-state index >= 15 is 0 Å². The molecule has 0 saturated heterocycles. The van der Waals surface area contributed by atoms with Crippen molar-refractivity contribution in [1.82, 2.24) is 5.32 Å². The van der Waals surface area contributed by atoms with Crippen molar-refractivity contribution in [2.45, 2.75) is 13.2 Å². The van der Waals surface area contributed by atoms with Gasteiger partial charge in [-0.2, -0.15) is 5.26 Å². The number of ether oxygens (including phenoxy) is 2. The lowest BCUT2D eigenvalue weighted by Gasteiger charge is -2.14. The number of nitrogens with zero attached hydrogens (tertiary/aromatic N) is 1. The van der Waals surface area contributed by atoms with Crippen molar-refractivity contribution in [3.63, 3.8) is 0 Å². The number of halogens is 2. The standard InChI is InChI=1S/C23H18ClIN2O4/c1-29-21-11-16(9-17(12-26)23(28)27-13-19-3-2-8-30-19)10-20(25)22(21)31-14-15-4-6-18(24)7-5-15/h2-11H,13-14H2,1H3,(H,27,28). The van der Waals surface area contributed by atoms with Crippen molar-refractivity contribution in [2.75, 3.05) is 7.11 Å². The maximum Gasteiger partial charge on any atom is 0.262 e. The van der Waals surface area contributed by atoms with Crippen molar-refractivity contribution in [3.8, 4) is 17.6 Å². The Hall–Kier alpha value is -2.96. The Morgan fingerprint density at radius 3 is 2.71 bits per heavy atom. The number of methoxy groups -OCH3 is 1. The first kappa shape index (κ1) is 22.7. The highest BCUT2D eigenvalue weighted by atomic mass is 127. The van der Waals surface area contributed by atoms with Gasteiger partial charge in [-0.15, -0.1) is 0 Å². The van der Waals surface area contributed by atoms with Crippen LogP contribution in [-0.4, -0.2) is 13.0 Å². The fourth-order valence-corrected chi connectivity index (χ4v) is 3.60. The fraction of sp³-hybridized carbons (Fsp3) is 0.130. The van der Waals surface area contributed by atoms with Crippen molar-refractivity contribution in [2.24, 2.45) is 0 Å². The Morgan fingerprint density at radius 2 is 2.06 bits per heavy atom. The van der Waals surface area contributed by atoms with Gasteiger partial charge in [0, 0.05) is 5.02 Å². The summed E-state index contributed by atoms with van der Waals surface area (Å²) in [5.74, 6) is 1.19. The predicted octanol–water partition coefficient (Wildman–Crippen LogP) is 5.35. The highest BCUT2D eigenvalue weighted by Gasteiger charge is 2.14. The minimum Gasteiger partial charge on any atom is -0.493 e. The van der Waals surface area contributed by atoms with Crippen LogP contribution in [0.1, 0.15) is 16.9 Å². The number of benzene rings is 2. The summed E-state index contributed by atoms with van der Waals surface area (Å²) in [7, 11) is 1.54. The Bertz CT molecular complexity index is 1120. The van der Waals surface area contributed by atoms with Gasteiger partial charge in [-0.05, 0) is 76.2 Å². The highest BCUT2D eigenvalue weighted by molar-refractivity contribution is 14.1. The summed E-state index contributed by atoms with van der Waals surface area (Å²) in [6.07, 6.45) is 3.03. The molecule has 0 radical (unpaired) electrons. The van der Waals surface area contributed by atoms with Gasteiger partial charge in [0.15, 0.2) is 11.5 Å². The lowest BCUT2D eigenvalue weighted by atomic mass is 10.1. The Kier molecular flexibility index (Phi) is 7.98. The van der Waals surface area contributed by atoms with E-state index in [2.05, 4.69) is 27.9 Å². The molecule has 3 rings (SSSR count). The van der Waals surface area contributed by atoms with Crippen molar-refractivity contribution in [3.05, 3.63) is 85.8 Å². The molecule has 0 aliphatic heterocycles. The molecule has 0 fully saturated rings. The molecular weight excluding hydrogens is 531 g/mol. The third-order valence-corrected chi connectivity index (χ3v) is 5.28. The normalized spacial score (nSPS) is 11.0. The summed E-state index contributed by atoms with van der Waals surface area (Å²) in [4.78, 5) is 12.4. The molecule has 0 bridgehead atoms. The predicted molar refractivity (Wildman–Crippen MR) is 126 cm³/mol. The van der Waals surface area contributed by atoms with E-state index in [9.17, 15) is 10.1 Å². The Morgan fingerprint density at radius 1 is 1.29 bits per heavy atom. The lowest BCUT2D eigenvalue weighted by Crippen LogP contribution is -2.23. The molecule has 0 aliphatic carbocycles. The molecule has 3 aromatic rings. The van der Waals surface area contributed by atoms with Gasteiger partial charge < -0.3 is 19.2 Å². The van der Waals surface area contributed by atoms with Crippen LogP contribution in [0.3, 0.4) is 0 Å². The van der Waals surface area contributed by atoms with E-state index in [4.69, 9.17) is 25.5 Å². The maximum atomic E-state index is 12.4. The van der Waals surface area contributed by atoms with E-state index in [1.54, 1.807) is 30.3 Å². The van der Waals surface area contributed by atoms with Crippen LogP contribution >= 0.6 is 34.2 Å². The monoisotopic (exact) mass is 548 g/mol. The third kappa shape index (κ3) is 6.26. The number of furan rings is 1. The summed E-state index contributed by atoms with van der Waals surface area (Å²) < 4.78 is 17.4. The second-order valence-corrected chi connectivity index (χ2v) is 7.98. The average Bonchev–Trinajstić information content (AvgIpc) is 3.29. The summed E-state index contributed by atoms with van der Waals surface area (Å²) in [6.45, 7) is 0.542. The van der Waals surface area contributed by atoms with Crippen molar-refractivity contribution in [1.29, 1.82) is 5.26 Å². The third-order valence-electron chi connectivity index (χ3n) is 4.23. The molecule has 0 spiro atoms. The second-order valence-electron chi connectivity index (χ2n) is 6.38. The Labute approximate surface area is 198 Å². The van der Waals surface area contributed by atoms with Crippen LogP contribution in [0.4, 0.5) is 0 Å². The van der Waals surface area contributed by atoms with Crippen molar-refractivity contribution >= 4 is 46.2 Å². The zero-order chi connectivity index (χ0) is 22.2. The van der Waals surface area contributed by atoms with E-state index in [0.29, 0.717) is 34.5 Å². The smallest absolute Gasteiger partial charge is 0.262 e. The number of nitrogens with one attached hydrogen (secondary N) is 1. The molecule has 0 atom stereocenters. The number of rotatable bonds is 8. The first-order valence-corrected chi connectivity index (χ1v) is 10.6. The second kappa shape index (κ2) is 10.9. The molecule has 0 saturated carbocycles. The molecule has 6 nitrogen and oxygen atoms in total. The first-order chi connectivity index (χ1) is 15.0. The van der Waals surface area contributed by atoms with Crippen LogP contribution in [-0.2, 0) is 17.9 Å². The molecule has 0 aliphatic rings. The molecule has 1 N–H and O–H groups in total. The number of carbonyl (C=O) groups is 1. The van der Waals surface area contributed by atoms with Crippen LogP contribution in [0.2, 0.25) is 5.02 Å². The van der Waals surface area contributed by atoms with Crippen LogP contribution < -0.4 is 14.8 Å². The van der Waals surface area contributed by atoms with Gasteiger partial charge in [0.2, 0.25) is 0 Å². The van der Waals surface area contributed by atoms with Gasteiger partial charge in [0.1, 0.15) is 24.0 Å². The molecule has 158 valence electrons. The number of nitriles is 1. The largest absolute Gasteiger partial charge is 0.493 e. The van der Waals surface area contributed by atoms with Gasteiger partial charge >= 0.3 is 0 Å². The quantitative estimate of drug-likeness (QED) is 0.233. The van der Waals surface area contributed by atoms with Crippen molar-refractivity contribution < 1.29 is 18.7 Å². The first-order valence-electron chi connectivity index (χ1n) is 9.17. The van der Waals surface area contributed by atoms with E-state index < -0.39 is 5.91 Å². The van der Waals surface area contributed by atoms with Crippen LogP contribution in [0, 0.1) is 14.9 Å². The SMILES string of the molecule is COc1cc(C=C(C#N)C(=O)NCc2ccco2)cc(I)c1OCc1ccc(Cl)cc1. The van der Waals surface area contributed by atoms with E-state index in [1.165, 1.54) is 19.4 Å². The zero-order valence-corrected chi connectivity index (χ0v) is 19.4. The summed E-state index contributed by atoms with van der Waals surface area (Å²) in [6, 6.07) is 16.3. The minimum atomic E-state index is -0.490. The van der Waals surface area contributed by atoms with Gasteiger partial charge in [0.25, 0.3) is 5.91 Å². The minimum absolute atomic E-state index is 0.0285. The lowest BCUT2D eigenvalue weighted by molar-refractivity contribution is -0.117. The van der Waals surface area contributed by atoms with Crippen LogP contribution in [0.25, 0.3) is 6.08 Å². The van der Waals surface area contributed by atoms with E-state index in [-0.39, 0.29) is 12.1 Å². The molecule has 2 aromatic carbocycles. The summed E-state index contributed by atoms with van der Waals surface area (Å²) >= 11 is 8.05. The maximum absolute atomic E-state index is 12.4. The summed E-state index contributed by atoms with van der Waals surface area (Å²) in [5.41, 5.74) is 1.58. The van der Waals surface area contributed by atoms with Gasteiger partial charge in [-0.25, -0.2) is 0 Å². The van der Waals surface area contributed by atoms with E-state index in [1.807, 2.05) is 24.3 Å². The molecule has 1 heterocycles. The molecule has 0 unspecified atom stereocenters. The molecule has 8 heteroatoms. The molecule has 31 heavy (non-hydrogen) atoms. The van der Waals surface area contributed by atoms with Crippen LogP contribution in [0.5, 0.6) is 11.5 Å². The molecule has 1 amide bonds. The highest BCUT2D eigenvalue weighted by Crippen LogP contribution is 2.35. The van der Waals surface area contributed by atoms with E-state index in [0.717, 1.165) is 9.13 Å². The zero-order valence-electron chi connectivity index (χ0n) is 16.5. The fourth-order valence-electron chi connectivity index (χ4n) is 2.69. The molecular formula is C23H18ClIN2O4. The number of carbonyl (C=O) groups excluding carboxylic acids is 1. The van der Waals surface area contributed by atoms with Gasteiger partial charge in [-0.3, -0.25) is 4.79 Å².